The van der Waals surface area contributed by atoms with Crippen LogP contribution in [0.4, 0.5) is 5.69 Å². The van der Waals surface area contributed by atoms with Gasteiger partial charge in [-0.05, 0) is 49.7 Å². The van der Waals surface area contributed by atoms with Crippen molar-refractivity contribution in [2.45, 2.75) is 20.3 Å². The topological polar surface area (TPSA) is 39.3 Å². The van der Waals surface area contributed by atoms with Crippen molar-refractivity contribution in [3.05, 3.63) is 64.3 Å². The van der Waals surface area contributed by atoms with E-state index in [1.54, 1.807) is 0 Å². The van der Waals surface area contributed by atoms with Crippen LogP contribution in [0.5, 0.6) is 0 Å². The maximum Gasteiger partial charge on any atom is 0.227 e. The van der Waals surface area contributed by atoms with Gasteiger partial charge in [0.05, 0.1) is 6.42 Å². The van der Waals surface area contributed by atoms with E-state index in [0.29, 0.717) is 6.42 Å². The van der Waals surface area contributed by atoms with Gasteiger partial charge in [0.15, 0.2) is 0 Å². The van der Waals surface area contributed by atoms with Gasteiger partial charge in [-0.1, -0.05) is 29.3 Å². The maximum absolute atomic E-state index is 12.9. The molecule has 0 saturated carbocycles. The third-order valence-corrected chi connectivity index (χ3v) is 5.64. The standard InChI is InChI=1S/C22H24ClN3O/c1-15-6-7-21-20(12-15)19(16(2)24-21)14-22(27)26-10-8-25(9-11-26)18-5-3-4-17(23)13-18/h3-7,12-13,24H,8-11,14H2,1-2H3. The number of amides is 1. The molecule has 4 nitrogen and oxygen atoms in total. The van der Waals surface area contributed by atoms with Crippen molar-refractivity contribution in [1.82, 2.24) is 9.88 Å². The highest BCUT2D eigenvalue weighted by Gasteiger charge is 2.23. The molecule has 1 aromatic heterocycles. The van der Waals surface area contributed by atoms with Gasteiger partial charge >= 0.3 is 0 Å². The summed E-state index contributed by atoms with van der Waals surface area (Å²) in [7, 11) is 0. The zero-order valence-corrected chi connectivity index (χ0v) is 16.5. The fraction of sp³-hybridized carbons (Fsp3) is 0.318. The van der Waals surface area contributed by atoms with Crippen molar-refractivity contribution in [3.63, 3.8) is 0 Å². The van der Waals surface area contributed by atoms with Crippen LogP contribution in [-0.2, 0) is 11.2 Å². The molecule has 0 radical (unpaired) electrons. The van der Waals surface area contributed by atoms with Gasteiger partial charge in [0.25, 0.3) is 0 Å². The zero-order chi connectivity index (χ0) is 19.0. The summed E-state index contributed by atoms with van der Waals surface area (Å²) in [6, 6.07) is 14.3. The first-order valence-corrected chi connectivity index (χ1v) is 9.75. The molecule has 27 heavy (non-hydrogen) atoms. The number of aromatic nitrogens is 1. The number of anilines is 1. The molecule has 1 saturated heterocycles. The lowest BCUT2D eigenvalue weighted by atomic mass is 10.0. The van der Waals surface area contributed by atoms with Gasteiger partial charge in [-0.25, -0.2) is 0 Å². The van der Waals surface area contributed by atoms with Crippen LogP contribution in [0.25, 0.3) is 10.9 Å². The van der Waals surface area contributed by atoms with Gasteiger partial charge in [-0.2, -0.15) is 0 Å². The lowest BCUT2D eigenvalue weighted by Crippen LogP contribution is -2.49. The van der Waals surface area contributed by atoms with E-state index in [2.05, 4.69) is 48.0 Å². The molecular weight excluding hydrogens is 358 g/mol. The first kappa shape index (κ1) is 17.9. The Kier molecular flexibility index (Phi) is 4.83. The molecule has 0 bridgehead atoms. The van der Waals surface area contributed by atoms with E-state index >= 15 is 0 Å². The van der Waals surface area contributed by atoms with Crippen LogP contribution in [0.2, 0.25) is 5.02 Å². The number of piperazine rings is 1. The molecule has 1 aliphatic heterocycles. The molecule has 4 rings (SSSR count). The number of aromatic amines is 1. The third-order valence-electron chi connectivity index (χ3n) is 5.41. The molecule has 140 valence electrons. The quantitative estimate of drug-likeness (QED) is 0.733. The highest BCUT2D eigenvalue weighted by molar-refractivity contribution is 6.30. The summed E-state index contributed by atoms with van der Waals surface area (Å²) in [6.45, 7) is 7.28. The van der Waals surface area contributed by atoms with Gasteiger partial charge in [0.2, 0.25) is 5.91 Å². The van der Waals surface area contributed by atoms with Gasteiger partial charge < -0.3 is 14.8 Å². The summed E-state index contributed by atoms with van der Waals surface area (Å²) in [5.41, 5.74) is 5.65. The number of hydrogen-bond acceptors (Lipinski definition) is 2. The van der Waals surface area contributed by atoms with E-state index in [9.17, 15) is 4.79 Å². The van der Waals surface area contributed by atoms with Crippen LogP contribution in [0.3, 0.4) is 0 Å². The van der Waals surface area contributed by atoms with Crippen molar-refractivity contribution in [3.8, 4) is 0 Å². The van der Waals surface area contributed by atoms with Gasteiger partial charge in [-0.15, -0.1) is 0 Å². The smallest absolute Gasteiger partial charge is 0.227 e. The molecule has 0 aliphatic carbocycles. The van der Waals surface area contributed by atoms with Crippen LogP contribution < -0.4 is 4.90 Å². The number of hydrogen-bond donors (Lipinski definition) is 1. The molecule has 1 N–H and O–H groups in total. The van der Waals surface area contributed by atoms with Crippen LogP contribution in [0.1, 0.15) is 16.8 Å². The Bertz CT molecular complexity index is 986. The molecule has 0 unspecified atom stereocenters. The number of benzene rings is 2. The predicted octanol–water partition coefficient (Wildman–Crippen LogP) is 4.33. The lowest BCUT2D eigenvalue weighted by Gasteiger charge is -2.36. The maximum atomic E-state index is 12.9. The molecule has 0 atom stereocenters. The predicted molar refractivity (Wildman–Crippen MR) is 112 cm³/mol. The fourth-order valence-corrected chi connectivity index (χ4v) is 4.06. The normalized spacial score (nSPS) is 14.8. The molecule has 0 spiro atoms. The molecule has 1 aliphatic rings. The van der Waals surface area contributed by atoms with Crippen molar-refractivity contribution < 1.29 is 4.79 Å². The van der Waals surface area contributed by atoms with E-state index in [1.165, 1.54) is 10.9 Å². The minimum atomic E-state index is 0.200. The third kappa shape index (κ3) is 3.67. The fourth-order valence-electron chi connectivity index (χ4n) is 3.87. The van der Waals surface area contributed by atoms with E-state index in [1.807, 2.05) is 23.1 Å². The number of carbonyl (C=O) groups excluding carboxylic acids is 1. The van der Waals surface area contributed by atoms with Crippen LogP contribution in [0.15, 0.2) is 42.5 Å². The minimum absolute atomic E-state index is 0.200. The number of rotatable bonds is 3. The second-order valence-electron chi connectivity index (χ2n) is 7.30. The summed E-state index contributed by atoms with van der Waals surface area (Å²) in [5.74, 6) is 0.200. The van der Waals surface area contributed by atoms with E-state index < -0.39 is 0 Å². The Morgan fingerprint density at radius 2 is 1.85 bits per heavy atom. The Morgan fingerprint density at radius 3 is 2.59 bits per heavy atom. The van der Waals surface area contributed by atoms with Crippen LogP contribution in [0, 0.1) is 13.8 Å². The Hall–Kier alpha value is -2.46. The van der Waals surface area contributed by atoms with Gasteiger partial charge in [0.1, 0.15) is 0 Å². The number of nitrogens with zero attached hydrogens (tertiary/aromatic N) is 2. The molecule has 2 aromatic carbocycles. The molecule has 1 amide bonds. The summed E-state index contributed by atoms with van der Waals surface area (Å²) >= 11 is 6.10. The van der Waals surface area contributed by atoms with Crippen molar-refractivity contribution in [2.24, 2.45) is 0 Å². The number of aryl methyl sites for hydroxylation is 2. The monoisotopic (exact) mass is 381 g/mol. The Labute approximate surface area is 164 Å². The second kappa shape index (κ2) is 7.28. The van der Waals surface area contributed by atoms with Crippen LogP contribution >= 0.6 is 11.6 Å². The number of fused-ring (bicyclic) bond motifs is 1. The number of H-pyrrole nitrogens is 1. The minimum Gasteiger partial charge on any atom is -0.368 e. The number of nitrogens with one attached hydrogen (secondary N) is 1. The molecule has 1 fully saturated rings. The van der Waals surface area contributed by atoms with Gasteiger partial charge in [-0.3, -0.25) is 4.79 Å². The lowest BCUT2D eigenvalue weighted by molar-refractivity contribution is -0.130. The first-order valence-electron chi connectivity index (χ1n) is 9.37. The molecule has 3 aromatic rings. The summed E-state index contributed by atoms with van der Waals surface area (Å²) in [6.07, 6.45) is 0.451. The average molecular weight is 382 g/mol. The highest BCUT2D eigenvalue weighted by Crippen LogP contribution is 2.25. The second-order valence-corrected chi connectivity index (χ2v) is 7.74. The van der Waals surface area contributed by atoms with E-state index in [-0.39, 0.29) is 5.91 Å². The largest absolute Gasteiger partial charge is 0.368 e. The number of carbonyl (C=O) groups is 1. The molecule has 5 heteroatoms. The van der Waals surface area contributed by atoms with E-state index in [4.69, 9.17) is 11.6 Å². The molecule has 2 heterocycles. The summed E-state index contributed by atoms with van der Waals surface area (Å²) in [4.78, 5) is 20.6. The van der Waals surface area contributed by atoms with Crippen molar-refractivity contribution in [1.29, 1.82) is 0 Å². The SMILES string of the molecule is Cc1ccc2[nH]c(C)c(CC(=O)N3CCN(c4cccc(Cl)c4)CC3)c2c1. The van der Waals surface area contributed by atoms with Crippen molar-refractivity contribution >= 4 is 34.1 Å². The average Bonchev–Trinajstić information content (AvgIpc) is 2.97. The molecular formula is C22H24ClN3O. The Morgan fingerprint density at radius 1 is 1.07 bits per heavy atom. The number of halogens is 1. The highest BCUT2D eigenvalue weighted by atomic mass is 35.5. The van der Waals surface area contributed by atoms with Crippen LogP contribution in [-0.4, -0.2) is 42.0 Å². The van der Waals surface area contributed by atoms with E-state index in [0.717, 1.165) is 53.7 Å². The Balaban J connectivity index is 1.44. The van der Waals surface area contributed by atoms with Gasteiger partial charge in [0, 0.05) is 53.5 Å². The van der Waals surface area contributed by atoms with Crippen molar-refractivity contribution in [2.75, 3.05) is 31.1 Å². The first-order chi connectivity index (χ1) is 13.0. The summed E-state index contributed by atoms with van der Waals surface area (Å²) in [5, 5.41) is 1.91. The summed E-state index contributed by atoms with van der Waals surface area (Å²) < 4.78 is 0. The zero-order valence-electron chi connectivity index (χ0n) is 15.8.